The number of nitrogens with zero attached hydrogens (tertiary/aromatic N) is 5. The van der Waals surface area contributed by atoms with E-state index >= 15 is 0 Å². The lowest BCUT2D eigenvalue weighted by Gasteiger charge is -2.39. The third kappa shape index (κ3) is 2.37. The van der Waals surface area contributed by atoms with E-state index < -0.39 is 0 Å². The normalized spacial score (nSPS) is 14.8. The van der Waals surface area contributed by atoms with E-state index in [0.29, 0.717) is 10.9 Å². The zero-order valence-electron chi connectivity index (χ0n) is 14.2. The highest BCUT2D eigenvalue weighted by molar-refractivity contribution is 6.33. The first-order chi connectivity index (χ1) is 12.7. The molecule has 5 rings (SSSR count). The molecule has 6 nitrogen and oxygen atoms in total. The molecule has 7 heteroatoms. The minimum Gasteiger partial charge on any atom is -0.355 e. The summed E-state index contributed by atoms with van der Waals surface area (Å²) in [6, 6.07) is 10.1. The molecule has 0 radical (unpaired) electrons. The molecule has 4 heterocycles. The third-order valence-electron chi connectivity index (χ3n) is 4.98. The highest BCUT2D eigenvalue weighted by atomic mass is 35.5. The first-order valence-electron chi connectivity index (χ1n) is 8.52. The lowest BCUT2D eigenvalue weighted by atomic mass is 9.99. The Morgan fingerprint density at radius 1 is 1.19 bits per heavy atom. The molecule has 1 aliphatic rings. The summed E-state index contributed by atoms with van der Waals surface area (Å²) < 4.78 is 2.07. The first kappa shape index (κ1) is 15.4. The minimum absolute atomic E-state index is 0.418. The number of anilines is 1. The van der Waals surface area contributed by atoms with Crippen LogP contribution in [0.25, 0.3) is 22.4 Å². The minimum atomic E-state index is 0.418. The van der Waals surface area contributed by atoms with E-state index in [4.69, 9.17) is 16.6 Å². The van der Waals surface area contributed by atoms with Gasteiger partial charge in [0.15, 0.2) is 0 Å². The maximum Gasteiger partial charge on any atom is 0.142 e. The van der Waals surface area contributed by atoms with Gasteiger partial charge in [0, 0.05) is 44.3 Å². The van der Waals surface area contributed by atoms with E-state index in [9.17, 15) is 0 Å². The predicted molar refractivity (Wildman–Crippen MR) is 102 cm³/mol. The molecule has 0 unspecified atom stereocenters. The van der Waals surface area contributed by atoms with E-state index in [1.54, 1.807) is 12.4 Å². The summed E-state index contributed by atoms with van der Waals surface area (Å²) in [5.41, 5.74) is 2.94. The van der Waals surface area contributed by atoms with Crippen molar-refractivity contribution < 1.29 is 0 Å². The quantitative estimate of drug-likeness (QED) is 0.603. The van der Waals surface area contributed by atoms with E-state index in [-0.39, 0.29) is 0 Å². The second-order valence-electron chi connectivity index (χ2n) is 6.58. The van der Waals surface area contributed by atoms with Gasteiger partial charge in [0.1, 0.15) is 17.5 Å². The number of rotatable bonds is 3. The number of halogens is 1. The number of fused-ring (bicyclic) bond motifs is 1. The SMILES string of the molecule is Cn1c(-c2cc(N3CC(c4ncc[nH]4)C3)ncc2Cl)nc2ccccc21. The average molecular weight is 365 g/mol. The van der Waals surface area contributed by atoms with Crippen molar-refractivity contribution in [1.29, 1.82) is 0 Å². The van der Waals surface area contributed by atoms with Gasteiger partial charge in [0.05, 0.1) is 22.0 Å². The predicted octanol–water partition coefficient (Wildman–Crippen LogP) is 3.62. The molecule has 0 saturated carbocycles. The van der Waals surface area contributed by atoms with Crippen LogP contribution in [0.3, 0.4) is 0 Å². The molecule has 26 heavy (non-hydrogen) atoms. The number of aryl methyl sites for hydroxylation is 1. The molecule has 1 fully saturated rings. The number of nitrogens with one attached hydrogen (secondary N) is 1. The van der Waals surface area contributed by atoms with Crippen molar-refractivity contribution in [1.82, 2.24) is 24.5 Å². The van der Waals surface area contributed by atoms with Crippen molar-refractivity contribution in [2.75, 3.05) is 18.0 Å². The number of benzene rings is 1. The van der Waals surface area contributed by atoms with Gasteiger partial charge in [-0.1, -0.05) is 23.7 Å². The summed E-state index contributed by atoms with van der Waals surface area (Å²) in [7, 11) is 2.01. The van der Waals surface area contributed by atoms with Crippen LogP contribution in [-0.2, 0) is 7.05 Å². The third-order valence-corrected chi connectivity index (χ3v) is 5.28. The van der Waals surface area contributed by atoms with Crippen LogP contribution in [-0.4, -0.2) is 37.6 Å². The van der Waals surface area contributed by atoms with E-state index in [2.05, 4.69) is 30.5 Å². The Hall–Kier alpha value is -2.86. The standard InChI is InChI=1S/C19H17ClN6/c1-25-16-5-3-2-4-15(16)24-19(25)13-8-17(23-9-14(13)20)26-10-12(11-26)18-21-6-7-22-18/h2-9,12H,10-11H2,1H3,(H,21,22). The Morgan fingerprint density at radius 2 is 2.04 bits per heavy atom. The average Bonchev–Trinajstić information content (AvgIpc) is 3.24. The molecule has 3 aromatic heterocycles. The number of H-pyrrole nitrogens is 1. The van der Waals surface area contributed by atoms with E-state index in [1.807, 2.05) is 37.5 Å². The molecule has 0 bridgehead atoms. The Kier molecular flexibility index (Phi) is 3.46. The van der Waals surface area contributed by atoms with Crippen molar-refractivity contribution in [3.8, 4) is 11.4 Å². The van der Waals surface area contributed by atoms with Gasteiger partial charge in [-0.15, -0.1) is 0 Å². The molecule has 1 saturated heterocycles. The monoisotopic (exact) mass is 364 g/mol. The smallest absolute Gasteiger partial charge is 0.142 e. The fraction of sp³-hybridized carbons (Fsp3) is 0.211. The van der Waals surface area contributed by atoms with Gasteiger partial charge in [-0.3, -0.25) is 0 Å². The van der Waals surface area contributed by atoms with Crippen molar-refractivity contribution in [3.63, 3.8) is 0 Å². The molecule has 0 aliphatic carbocycles. The second-order valence-corrected chi connectivity index (χ2v) is 6.99. The summed E-state index contributed by atoms with van der Waals surface area (Å²) in [4.78, 5) is 19.0. The van der Waals surface area contributed by atoms with Crippen LogP contribution in [0.15, 0.2) is 48.9 Å². The van der Waals surface area contributed by atoms with Gasteiger partial charge < -0.3 is 14.5 Å². The Morgan fingerprint density at radius 3 is 2.81 bits per heavy atom. The molecule has 4 aromatic rings. The molecule has 0 atom stereocenters. The highest BCUT2D eigenvalue weighted by Gasteiger charge is 2.31. The van der Waals surface area contributed by atoms with Crippen molar-refractivity contribution >= 4 is 28.5 Å². The highest BCUT2D eigenvalue weighted by Crippen LogP contribution is 2.34. The van der Waals surface area contributed by atoms with Crippen molar-refractivity contribution in [2.24, 2.45) is 7.05 Å². The number of aromatic amines is 1. The molecular formula is C19H17ClN6. The zero-order valence-corrected chi connectivity index (χ0v) is 15.0. The summed E-state index contributed by atoms with van der Waals surface area (Å²) in [6.45, 7) is 1.79. The lowest BCUT2D eigenvalue weighted by molar-refractivity contribution is 0.500. The van der Waals surface area contributed by atoms with Gasteiger partial charge >= 0.3 is 0 Å². The van der Waals surface area contributed by atoms with Gasteiger partial charge in [-0.2, -0.15) is 0 Å². The van der Waals surface area contributed by atoms with Gasteiger partial charge in [-0.05, 0) is 18.2 Å². The van der Waals surface area contributed by atoms with E-state index in [1.165, 1.54) is 0 Å². The number of imidazole rings is 2. The number of para-hydroxylation sites is 2. The van der Waals surface area contributed by atoms with Crippen LogP contribution in [0.1, 0.15) is 11.7 Å². The van der Waals surface area contributed by atoms with Crippen molar-refractivity contribution in [3.05, 3.63) is 59.8 Å². The summed E-state index contributed by atoms with van der Waals surface area (Å²) in [6.07, 6.45) is 5.37. The fourth-order valence-corrected chi connectivity index (χ4v) is 3.69. The van der Waals surface area contributed by atoms with Crippen LogP contribution >= 0.6 is 11.6 Å². The van der Waals surface area contributed by atoms with Crippen molar-refractivity contribution in [2.45, 2.75) is 5.92 Å². The molecular weight excluding hydrogens is 348 g/mol. The Bertz CT molecular complexity index is 1080. The Labute approximate surface area is 155 Å². The first-order valence-corrected chi connectivity index (χ1v) is 8.90. The fourth-order valence-electron chi connectivity index (χ4n) is 3.50. The van der Waals surface area contributed by atoms with Gasteiger partial charge in [-0.25, -0.2) is 15.0 Å². The maximum atomic E-state index is 6.46. The van der Waals surface area contributed by atoms with Crippen LogP contribution in [0.5, 0.6) is 0 Å². The number of hydrogen-bond acceptors (Lipinski definition) is 4. The molecule has 0 spiro atoms. The molecule has 130 valence electrons. The summed E-state index contributed by atoms with van der Waals surface area (Å²) in [5.74, 6) is 3.22. The number of hydrogen-bond donors (Lipinski definition) is 1. The maximum absolute atomic E-state index is 6.46. The molecule has 1 aliphatic heterocycles. The number of aromatic nitrogens is 5. The molecule has 1 aromatic carbocycles. The molecule has 0 amide bonds. The summed E-state index contributed by atoms with van der Waals surface area (Å²) in [5, 5.41) is 0.607. The Balaban J connectivity index is 1.48. The van der Waals surface area contributed by atoms with E-state index in [0.717, 1.165) is 47.2 Å². The van der Waals surface area contributed by atoms with Gasteiger partial charge in [0.25, 0.3) is 0 Å². The lowest BCUT2D eigenvalue weighted by Crippen LogP contribution is -2.45. The van der Waals surface area contributed by atoms with Gasteiger partial charge in [0.2, 0.25) is 0 Å². The zero-order chi connectivity index (χ0) is 17.7. The number of pyridine rings is 1. The van der Waals surface area contributed by atoms with Crippen LogP contribution in [0.4, 0.5) is 5.82 Å². The van der Waals surface area contributed by atoms with Crippen LogP contribution < -0.4 is 4.90 Å². The second kappa shape index (κ2) is 5.85. The topological polar surface area (TPSA) is 62.6 Å². The molecule has 1 N–H and O–H groups in total. The van der Waals surface area contributed by atoms with Crippen LogP contribution in [0, 0.1) is 0 Å². The van der Waals surface area contributed by atoms with Crippen LogP contribution in [0.2, 0.25) is 5.02 Å². The summed E-state index contributed by atoms with van der Waals surface area (Å²) >= 11 is 6.46. The largest absolute Gasteiger partial charge is 0.355 e.